The molecule has 1 aromatic heterocycles. The normalized spacial score (nSPS) is 9.25. The van der Waals surface area contributed by atoms with Crippen LogP contribution in [0.4, 0.5) is 0 Å². The second-order valence-electron chi connectivity index (χ2n) is 3.34. The number of aromatic nitrogens is 1. The van der Waals surface area contributed by atoms with E-state index in [-0.39, 0.29) is 18.8 Å². The molecule has 0 N–H and O–H groups in total. The fraction of sp³-hybridized carbons (Fsp3) is 0.0769. The van der Waals surface area contributed by atoms with Crippen LogP contribution in [0.2, 0.25) is 0 Å². The van der Waals surface area contributed by atoms with Crippen molar-refractivity contribution in [2.24, 2.45) is 0 Å². The minimum Gasteiger partial charge on any atom is -1.00 e. The molecule has 0 fully saturated rings. The summed E-state index contributed by atoms with van der Waals surface area (Å²) in [7, 11) is 0. The van der Waals surface area contributed by atoms with E-state index < -0.39 is 0 Å². The van der Waals surface area contributed by atoms with Gasteiger partial charge in [0.1, 0.15) is 0 Å². The van der Waals surface area contributed by atoms with Crippen molar-refractivity contribution in [3.05, 3.63) is 66.5 Å². The van der Waals surface area contributed by atoms with Crippen LogP contribution in [0.1, 0.15) is 13.2 Å². The third-order valence-electron chi connectivity index (χ3n) is 2.20. The maximum Gasteiger partial charge on any atom is 2.00 e. The number of Topliss-reactive ketones (excluding diaryl/α,β-unsaturated/α-hetero) is 1. The van der Waals surface area contributed by atoms with E-state index in [1.165, 1.54) is 0 Å². The Hall–Kier alpha value is -1.79. The Labute approximate surface area is 102 Å². The second kappa shape index (κ2) is 5.94. The van der Waals surface area contributed by atoms with Crippen molar-refractivity contribution in [2.75, 3.05) is 0 Å². The van der Waals surface area contributed by atoms with E-state index in [2.05, 4.69) is 0 Å². The van der Waals surface area contributed by atoms with Crippen LogP contribution in [0.25, 0.3) is 0 Å². The fourth-order valence-electron chi connectivity index (χ4n) is 1.42. The molecular weight excluding hydrogens is 195 g/mol. The SMILES string of the molecule is O=C(C[n+]1ccccc1)c1ccccc1.[Be+2].[H-].[H-]. The van der Waals surface area contributed by atoms with Gasteiger partial charge in [0.25, 0.3) is 0 Å². The van der Waals surface area contributed by atoms with Crippen molar-refractivity contribution < 1.29 is 12.2 Å². The number of rotatable bonds is 3. The molecule has 0 saturated heterocycles. The van der Waals surface area contributed by atoms with Crippen LogP contribution in [0.3, 0.4) is 0 Å². The van der Waals surface area contributed by atoms with Gasteiger partial charge in [-0.1, -0.05) is 36.4 Å². The molecular formula is C13H14BeNO+. The van der Waals surface area contributed by atoms with Gasteiger partial charge in [-0.15, -0.1) is 0 Å². The number of hydrogen-bond donors (Lipinski definition) is 0. The van der Waals surface area contributed by atoms with Gasteiger partial charge in [0, 0.05) is 17.7 Å². The summed E-state index contributed by atoms with van der Waals surface area (Å²) in [5.41, 5.74) is 0.758. The molecule has 0 spiro atoms. The first-order chi connectivity index (χ1) is 7.36. The number of carbonyl (C=O) groups excluding carboxylic acids is 1. The van der Waals surface area contributed by atoms with Crippen LogP contribution in [0.5, 0.6) is 0 Å². The van der Waals surface area contributed by atoms with Gasteiger partial charge in [0.15, 0.2) is 12.4 Å². The minimum atomic E-state index is 0. The van der Waals surface area contributed by atoms with Gasteiger partial charge in [-0.3, -0.25) is 4.79 Å². The number of carbonyl (C=O) groups is 1. The number of nitrogens with zero attached hydrogens (tertiary/aromatic N) is 1. The van der Waals surface area contributed by atoms with E-state index >= 15 is 0 Å². The molecule has 0 amide bonds. The first kappa shape index (κ1) is 12.3. The molecule has 16 heavy (non-hydrogen) atoms. The molecule has 2 rings (SSSR count). The minimum absolute atomic E-state index is 0. The van der Waals surface area contributed by atoms with Gasteiger partial charge in [0.05, 0.1) is 0 Å². The van der Waals surface area contributed by atoms with Crippen molar-refractivity contribution in [3.63, 3.8) is 0 Å². The van der Waals surface area contributed by atoms with Gasteiger partial charge in [0.2, 0.25) is 12.3 Å². The average molecular weight is 209 g/mol. The monoisotopic (exact) mass is 209 g/mol. The van der Waals surface area contributed by atoms with Gasteiger partial charge in [-0.05, 0) is 0 Å². The topological polar surface area (TPSA) is 20.9 Å². The predicted octanol–water partition coefficient (Wildman–Crippen LogP) is 1.70. The largest absolute Gasteiger partial charge is 2.00 e. The Morgan fingerprint density at radius 1 is 1.00 bits per heavy atom. The summed E-state index contributed by atoms with van der Waals surface area (Å²) in [4.78, 5) is 11.8. The fourth-order valence-corrected chi connectivity index (χ4v) is 1.42. The summed E-state index contributed by atoms with van der Waals surface area (Å²) >= 11 is 0. The number of hydrogen-bond acceptors (Lipinski definition) is 1. The molecule has 3 heteroatoms. The molecule has 0 atom stereocenters. The number of pyridine rings is 1. The Bertz CT molecular complexity index is 451. The van der Waals surface area contributed by atoms with Crippen LogP contribution in [-0.2, 0) is 6.54 Å². The third kappa shape index (κ3) is 3.11. The van der Waals surface area contributed by atoms with E-state index in [0.717, 1.165) is 5.56 Å². The molecule has 0 bridgehead atoms. The van der Waals surface area contributed by atoms with Crippen molar-refractivity contribution in [1.29, 1.82) is 0 Å². The first-order valence-corrected chi connectivity index (χ1v) is 4.88. The smallest absolute Gasteiger partial charge is 1.00 e. The van der Waals surface area contributed by atoms with E-state index in [0.29, 0.717) is 6.54 Å². The van der Waals surface area contributed by atoms with E-state index in [9.17, 15) is 4.79 Å². The first-order valence-electron chi connectivity index (χ1n) is 4.88. The van der Waals surface area contributed by atoms with Crippen LogP contribution in [-0.4, -0.2) is 15.9 Å². The molecule has 0 unspecified atom stereocenters. The maximum atomic E-state index is 11.8. The number of ketones is 1. The molecule has 2 nitrogen and oxygen atoms in total. The quantitative estimate of drug-likeness (QED) is 0.428. The molecule has 0 aliphatic heterocycles. The maximum absolute atomic E-state index is 11.8. The van der Waals surface area contributed by atoms with E-state index in [4.69, 9.17) is 0 Å². The Morgan fingerprint density at radius 3 is 2.19 bits per heavy atom. The summed E-state index contributed by atoms with van der Waals surface area (Å²) in [5, 5.41) is 0. The molecule has 78 valence electrons. The molecule has 0 saturated carbocycles. The standard InChI is InChI=1S/C13H12NO.Be.2H/c15-13(12-7-3-1-4-8-12)11-14-9-5-2-6-10-14;;;/h1-10H,11H2;;;/q+1;+2;2*-1. The zero-order valence-electron chi connectivity index (χ0n) is 11.0. The molecule has 0 aliphatic rings. The second-order valence-corrected chi connectivity index (χ2v) is 3.34. The Morgan fingerprint density at radius 2 is 1.56 bits per heavy atom. The van der Waals surface area contributed by atoms with Crippen LogP contribution in [0, 0.1) is 0 Å². The Kier molecular flexibility index (Phi) is 4.56. The summed E-state index contributed by atoms with van der Waals surface area (Å²) in [6.07, 6.45) is 3.78. The zero-order valence-corrected chi connectivity index (χ0v) is 9.04. The molecule has 0 aliphatic carbocycles. The molecule has 0 radical (unpaired) electrons. The summed E-state index contributed by atoms with van der Waals surface area (Å²) in [6, 6.07) is 15.1. The molecule has 1 heterocycles. The predicted molar refractivity (Wildman–Crippen MR) is 65.4 cm³/mol. The average Bonchev–Trinajstić information content (AvgIpc) is 2.31. The Balaban J connectivity index is 0. The number of benzene rings is 1. The summed E-state index contributed by atoms with van der Waals surface area (Å²) < 4.78 is 1.87. The van der Waals surface area contributed by atoms with Crippen molar-refractivity contribution in [2.45, 2.75) is 6.54 Å². The zero-order chi connectivity index (χ0) is 10.5. The van der Waals surface area contributed by atoms with Gasteiger partial charge < -0.3 is 2.85 Å². The van der Waals surface area contributed by atoms with Crippen LogP contribution >= 0.6 is 0 Å². The van der Waals surface area contributed by atoms with Gasteiger partial charge in [-0.2, -0.15) is 4.57 Å². The van der Waals surface area contributed by atoms with E-state index in [1.54, 1.807) is 0 Å². The van der Waals surface area contributed by atoms with Crippen molar-refractivity contribution >= 4 is 15.9 Å². The molecule has 1 aromatic carbocycles. The van der Waals surface area contributed by atoms with Gasteiger partial charge in [-0.25, -0.2) is 0 Å². The van der Waals surface area contributed by atoms with Gasteiger partial charge >= 0.3 is 10.1 Å². The summed E-state index contributed by atoms with van der Waals surface area (Å²) in [5.74, 6) is 0.131. The van der Waals surface area contributed by atoms with Crippen LogP contribution in [0.15, 0.2) is 60.9 Å². The summed E-state index contributed by atoms with van der Waals surface area (Å²) in [6.45, 7) is 0.394. The van der Waals surface area contributed by atoms with Crippen LogP contribution < -0.4 is 4.57 Å². The third-order valence-corrected chi connectivity index (χ3v) is 2.20. The van der Waals surface area contributed by atoms with Crippen molar-refractivity contribution in [1.82, 2.24) is 0 Å². The van der Waals surface area contributed by atoms with E-state index in [1.807, 2.05) is 65.5 Å². The molecule has 2 aromatic rings. The van der Waals surface area contributed by atoms with Crippen molar-refractivity contribution in [3.8, 4) is 0 Å².